The summed E-state index contributed by atoms with van der Waals surface area (Å²) in [5, 5.41) is 0. The highest BCUT2D eigenvalue weighted by Gasteiger charge is 2.09. The number of para-hydroxylation sites is 1. The predicted molar refractivity (Wildman–Crippen MR) is 57.0 cm³/mol. The Bertz CT molecular complexity index is 329. The molecule has 2 nitrogen and oxygen atoms in total. The first-order valence-corrected chi connectivity index (χ1v) is 4.90. The third-order valence-corrected chi connectivity index (χ3v) is 2.04. The molecule has 1 aromatic carbocycles. The number of hydrogen-bond donors (Lipinski definition) is 0. The molecule has 1 aromatic rings. The van der Waals surface area contributed by atoms with Crippen LogP contribution in [0.5, 0.6) is 5.75 Å². The maximum absolute atomic E-state index is 11.3. The van der Waals surface area contributed by atoms with E-state index in [-0.39, 0.29) is 5.78 Å². The molecule has 14 heavy (non-hydrogen) atoms. The van der Waals surface area contributed by atoms with Gasteiger partial charge in [-0.15, -0.1) is 0 Å². The Balaban J connectivity index is 3.02. The van der Waals surface area contributed by atoms with Crippen LogP contribution in [0.15, 0.2) is 18.2 Å². The van der Waals surface area contributed by atoms with Gasteiger partial charge in [0.2, 0.25) is 0 Å². The summed E-state index contributed by atoms with van der Waals surface area (Å²) in [4.78, 5) is 11.3. The van der Waals surface area contributed by atoms with E-state index in [1.165, 1.54) is 0 Å². The highest BCUT2D eigenvalue weighted by Crippen LogP contribution is 2.23. The fraction of sp³-hybridized carbons (Fsp3) is 0.417. The van der Waals surface area contributed by atoms with Gasteiger partial charge in [0.1, 0.15) is 5.75 Å². The molecule has 0 bridgehead atoms. The second-order valence-corrected chi connectivity index (χ2v) is 3.36. The molecule has 0 amide bonds. The molecule has 0 aliphatic rings. The van der Waals surface area contributed by atoms with Gasteiger partial charge in [0.05, 0.1) is 12.2 Å². The molecule has 0 aliphatic heterocycles. The molecule has 0 aliphatic carbocycles. The molecule has 1 rings (SSSR count). The molecule has 0 heterocycles. The van der Waals surface area contributed by atoms with Gasteiger partial charge in [-0.25, -0.2) is 0 Å². The van der Waals surface area contributed by atoms with Crippen LogP contribution in [-0.2, 0) is 0 Å². The van der Waals surface area contributed by atoms with Crippen molar-refractivity contribution in [2.75, 3.05) is 6.61 Å². The van der Waals surface area contributed by atoms with Crippen LogP contribution in [0.3, 0.4) is 0 Å². The van der Waals surface area contributed by atoms with Crippen LogP contribution in [0.25, 0.3) is 0 Å². The Morgan fingerprint density at radius 2 is 2.14 bits per heavy atom. The lowest BCUT2D eigenvalue weighted by Crippen LogP contribution is -2.03. The van der Waals surface area contributed by atoms with Crippen molar-refractivity contribution in [1.29, 1.82) is 0 Å². The number of aryl methyl sites for hydroxylation is 1. The summed E-state index contributed by atoms with van der Waals surface area (Å²) in [6.07, 6.45) is 0.950. The van der Waals surface area contributed by atoms with Gasteiger partial charge < -0.3 is 4.74 Å². The van der Waals surface area contributed by atoms with Crippen molar-refractivity contribution in [3.63, 3.8) is 0 Å². The molecule has 0 aromatic heterocycles. The standard InChI is InChI=1S/C12H16O2/c1-4-8-14-12-9(2)6-5-7-11(12)10(3)13/h5-7H,4,8H2,1-3H3. The molecule has 0 atom stereocenters. The van der Waals surface area contributed by atoms with Crippen LogP contribution in [0.4, 0.5) is 0 Å². The maximum atomic E-state index is 11.3. The molecular formula is C12H16O2. The molecule has 0 radical (unpaired) electrons. The van der Waals surface area contributed by atoms with Crippen LogP contribution in [0, 0.1) is 6.92 Å². The average Bonchev–Trinajstić information content (AvgIpc) is 2.15. The third kappa shape index (κ3) is 2.34. The van der Waals surface area contributed by atoms with Crippen molar-refractivity contribution in [2.24, 2.45) is 0 Å². The number of carbonyl (C=O) groups excluding carboxylic acids is 1. The van der Waals surface area contributed by atoms with Crippen molar-refractivity contribution < 1.29 is 9.53 Å². The van der Waals surface area contributed by atoms with E-state index in [2.05, 4.69) is 0 Å². The van der Waals surface area contributed by atoms with Crippen LogP contribution < -0.4 is 4.74 Å². The van der Waals surface area contributed by atoms with Gasteiger partial charge in [-0.2, -0.15) is 0 Å². The average molecular weight is 192 g/mol. The lowest BCUT2D eigenvalue weighted by Gasteiger charge is -2.11. The van der Waals surface area contributed by atoms with Crippen molar-refractivity contribution in [3.8, 4) is 5.75 Å². The minimum atomic E-state index is 0.0554. The Morgan fingerprint density at radius 3 is 2.71 bits per heavy atom. The van der Waals surface area contributed by atoms with Crippen molar-refractivity contribution in [1.82, 2.24) is 0 Å². The smallest absolute Gasteiger partial charge is 0.163 e. The van der Waals surface area contributed by atoms with Crippen LogP contribution in [-0.4, -0.2) is 12.4 Å². The van der Waals surface area contributed by atoms with E-state index < -0.39 is 0 Å². The number of Topliss-reactive ketones (excluding diaryl/α,β-unsaturated/α-hetero) is 1. The van der Waals surface area contributed by atoms with Crippen LogP contribution >= 0.6 is 0 Å². The minimum absolute atomic E-state index is 0.0554. The quantitative estimate of drug-likeness (QED) is 0.685. The summed E-state index contributed by atoms with van der Waals surface area (Å²) in [5.74, 6) is 0.793. The second kappa shape index (κ2) is 4.80. The number of benzene rings is 1. The van der Waals surface area contributed by atoms with E-state index in [4.69, 9.17) is 4.74 Å². The fourth-order valence-electron chi connectivity index (χ4n) is 1.33. The van der Waals surface area contributed by atoms with E-state index in [0.717, 1.165) is 17.7 Å². The number of carbonyl (C=O) groups is 1. The first kappa shape index (κ1) is 10.8. The second-order valence-electron chi connectivity index (χ2n) is 3.36. The van der Waals surface area contributed by atoms with Crippen molar-refractivity contribution in [2.45, 2.75) is 27.2 Å². The fourth-order valence-corrected chi connectivity index (χ4v) is 1.33. The first-order valence-electron chi connectivity index (χ1n) is 4.90. The summed E-state index contributed by atoms with van der Waals surface area (Å²) in [6, 6.07) is 5.64. The summed E-state index contributed by atoms with van der Waals surface area (Å²) < 4.78 is 5.56. The van der Waals surface area contributed by atoms with Gasteiger partial charge in [0.25, 0.3) is 0 Å². The van der Waals surface area contributed by atoms with E-state index in [1.54, 1.807) is 13.0 Å². The number of rotatable bonds is 4. The number of hydrogen-bond acceptors (Lipinski definition) is 2. The molecule has 0 saturated carbocycles. The lowest BCUT2D eigenvalue weighted by molar-refractivity contribution is 0.101. The number of ketones is 1. The minimum Gasteiger partial charge on any atom is -0.493 e. The lowest BCUT2D eigenvalue weighted by atomic mass is 10.1. The topological polar surface area (TPSA) is 26.3 Å². The normalized spacial score (nSPS) is 9.93. The Kier molecular flexibility index (Phi) is 3.69. The molecule has 76 valence electrons. The van der Waals surface area contributed by atoms with Gasteiger partial charge in [0, 0.05) is 0 Å². The molecule has 2 heteroatoms. The molecule has 0 spiro atoms. The van der Waals surface area contributed by atoms with Crippen molar-refractivity contribution in [3.05, 3.63) is 29.3 Å². The maximum Gasteiger partial charge on any atom is 0.163 e. The van der Waals surface area contributed by atoms with E-state index in [1.807, 2.05) is 26.0 Å². The van der Waals surface area contributed by atoms with Gasteiger partial charge in [-0.3, -0.25) is 4.79 Å². The molecule has 0 unspecified atom stereocenters. The zero-order valence-electron chi connectivity index (χ0n) is 8.96. The van der Waals surface area contributed by atoms with E-state index in [9.17, 15) is 4.79 Å². The third-order valence-electron chi connectivity index (χ3n) is 2.04. The Morgan fingerprint density at radius 1 is 1.43 bits per heavy atom. The zero-order valence-corrected chi connectivity index (χ0v) is 8.96. The van der Waals surface area contributed by atoms with E-state index in [0.29, 0.717) is 12.2 Å². The van der Waals surface area contributed by atoms with Crippen molar-refractivity contribution >= 4 is 5.78 Å². The highest BCUT2D eigenvalue weighted by molar-refractivity contribution is 5.97. The molecule has 0 saturated heterocycles. The van der Waals surface area contributed by atoms with Crippen LogP contribution in [0.2, 0.25) is 0 Å². The predicted octanol–water partition coefficient (Wildman–Crippen LogP) is 2.99. The zero-order chi connectivity index (χ0) is 10.6. The molecule has 0 fully saturated rings. The monoisotopic (exact) mass is 192 g/mol. The summed E-state index contributed by atoms with van der Waals surface area (Å²) in [6.45, 7) is 6.22. The summed E-state index contributed by atoms with van der Waals surface area (Å²) in [5.41, 5.74) is 1.70. The Hall–Kier alpha value is -1.31. The van der Waals surface area contributed by atoms with Gasteiger partial charge in [0.15, 0.2) is 5.78 Å². The largest absolute Gasteiger partial charge is 0.493 e. The van der Waals surface area contributed by atoms with Crippen LogP contribution in [0.1, 0.15) is 36.2 Å². The summed E-state index contributed by atoms with van der Waals surface area (Å²) in [7, 11) is 0. The van der Waals surface area contributed by atoms with Gasteiger partial charge in [-0.1, -0.05) is 19.1 Å². The number of ether oxygens (including phenoxy) is 1. The Labute approximate surface area is 84.9 Å². The molecule has 0 N–H and O–H groups in total. The first-order chi connectivity index (χ1) is 6.66. The van der Waals surface area contributed by atoms with E-state index >= 15 is 0 Å². The SMILES string of the molecule is CCCOc1c(C)cccc1C(C)=O. The summed E-state index contributed by atoms with van der Waals surface area (Å²) >= 11 is 0. The van der Waals surface area contributed by atoms with Gasteiger partial charge in [-0.05, 0) is 31.9 Å². The van der Waals surface area contributed by atoms with Gasteiger partial charge >= 0.3 is 0 Å². The molecular weight excluding hydrogens is 176 g/mol. The highest BCUT2D eigenvalue weighted by atomic mass is 16.5.